The van der Waals surface area contributed by atoms with Gasteiger partial charge in [0.15, 0.2) is 0 Å². The molecule has 6 nitrogen and oxygen atoms in total. The summed E-state index contributed by atoms with van der Waals surface area (Å²) in [5, 5.41) is 0.461. The van der Waals surface area contributed by atoms with Crippen LogP contribution < -0.4 is 10.3 Å². The molecule has 1 aromatic heterocycles. The third-order valence-corrected chi connectivity index (χ3v) is 5.77. The number of methoxy groups -OCH3 is 1. The molecular weight excluding hydrogens is 433 g/mol. The van der Waals surface area contributed by atoms with E-state index >= 15 is 0 Å². The van der Waals surface area contributed by atoms with Crippen LogP contribution in [0.25, 0.3) is 16.6 Å². The number of hydrogen-bond donors (Lipinski definition) is 0. The topological polar surface area (TPSA) is 64.4 Å². The average Bonchev–Trinajstić information content (AvgIpc) is 2.86. The second-order valence-corrected chi connectivity index (χ2v) is 7.98. The summed E-state index contributed by atoms with van der Waals surface area (Å²) in [6.07, 6.45) is 0.678. The van der Waals surface area contributed by atoms with Gasteiger partial charge in [-0.05, 0) is 55.8 Å². The van der Waals surface area contributed by atoms with E-state index in [-0.39, 0.29) is 17.0 Å². The molecule has 0 saturated carbocycles. The molecule has 0 saturated heterocycles. The highest BCUT2D eigenvalue weighted by Gasteiger charge is 2.28. The minimum Gasteiger partial charge on any atom is -0.495 e. The van der Waals surface area contributed by atoms with Gasteiger partial charge in [-0.1, -0.05) is 37.3 Å². The first-order valence-corrected chi connectivity index (χ1v) is 11.2. The zero-order valence-corrected chi connectivity index (χ0v) is 19.4. The summed E-state index contributed by atoms with van der Waals surface area (Å²) in [6, 6.07) is 19.3. The molecule has 1 amide bonds. The zero-order chi connectivity index (χ0) is 24.2. The second-order valence-electron chi connectivity index (χ2n) is 7.98. The van der Waals surface area contributed by atoms with Crippen LogP contribution in [0.5, 0.6) is 5.75 Å². The third kappa shape index (κ3) is 4.29. The summed E-state index contributed by atoms with van der Waals surface area (Å²) in [6.45, 7) is 4.19. The van der Waals surface area contributed by atoms with Gasteiger partial charge < -0.3 is 9.64 Å². The van der Waals surface area contributed by atoms with E-state index in [0.717, 1.165) is 0 Å². The fraction of sp³-hybridized carbons (Fsp3) is 0.222. The molecule has 3 aromatic carbocycles. The molecule has 1 atom stereocenters. The zero-order valence-electron chi connectivity index (χ0n) is 19.4. The monoisotopic (exact) mass is 459 g/mol. The van der Waals surface area contributed by atoms with Gasteiger partial charge in [0.1, 0.15) is 17.4 Å². The Morgan fingerprint density at radius 1 is 1.09 bits per heavy atom. The summed E-state index contributed by atoms with van der Waals surface area (Å²) in [5.74, 6) is 0.0904. The van der Waals surface area contributed by atoms with E-state index in [1.165, 1.54) is 29.9 Å². The Balaban J connectivity index is 1.94. The Morgan fingerprint density at radius 3 is 2.56 bits per heavy atom. The van der Waals surface area contributed by atoms with Gasteiger partial charge in [-0.25, -0.2) is 9.37 Å². The van der Waals surface area contributed by atoms with Gasteiger partial charge in [-0.15, -0.1) is 0 Å². The first-order valence-electron chi connectivity index (χ1n) is 11.2. The lowest BCUT2D eigenvalue weighted by Crippen LogP contribution is -2.38. The van der Waals surface area contributed by atoms with Crippen molar-refractivity contribution >= 4 is 16.8 Å². The summed E-state index contributed by atoms with van der Waals surface area (Å²) in [4.78, 5) is 33.6. The summed E-state index contributed by atoms with van der Waals surface area (Å²) in [7, 11) is 1.54. The molecule has 4 rings (SSSR count). The van der Waals surface area contributed by atoms with Crippen LogP contribution in [-0.4, -0.2) is 34.0 Å². The van der Waals surface area contributed by atoms with Crippen LogP contribution >= 0.6 is 0 Å². The number of carbonyl (C=O) groups is 1. The van der Waals surface area contributed by atoms with Gasteiger partial charge >= 0.3 is 0 Å². The Bertz CT molecular complexity index is 1400. The fourth-order valence-electron chi connectivity index (χ4n) is 4.12. The Kier molecular flexibility index (Phi) is 6.72. The van der Waals surface area contributed by atoms with Crippen molar-refractivity contribution in [1.82, 2.24) is 14.5 Å². The van der Waals surface area contributed by atoms with Gasteiger partial charge in [-0.2, -0.15) is 0 Å². The van der Waals surface area contributed by atoms with Crippen LogP contribution in [0, 0.1) is 5.82 Å². The molecule has 7 heteroatoms. The van der Waals surface area contributed by atoms with Crippen molar-refractivity contribution < 1.29 is 13.9 Å². The van der Waals surface area contributed by atoms with E-state index in [2.05, 4.69) is 0 Å². The van der Waals surface area contributed by atoms with Crippen molar-refractivity contribution in [3.8, 4) is 11.4 Å². The van der Waals surface area contributed by atoms with Gasteiger partial charge in [0.2, 0.25) is 0 Å². The summed E-state index contributed by atoms with van der Waals surface area (Å²) < 4.78 is 20.9. The highest BCUT2D eigenvalue weighted by molar-refractivity contribution is 5.94. The van der Waals surface area contributed by atoms with Crippen LogP contribution in [-0.2, 0) is 0 Å². The Morgan fingerprint density at radius 2 is 1.82 bits per heavy atom. The van der Waals surface area contributed by atoms with Gasteiger partial charge in [0.05, 0.1) is 29.7 Å². The maximum Gasteiger partial charge on any atom is 0.266 e. The van der Waals surface area contributed by atoms with Crippen LogP contribution in [0.15, 0.2) is 77.6 Å². The number of nitrogens with zero attached hydrogens (tertiary/aromatic N) is 3. The molecule has 174 valence electrons. The first-order chi connectivity index (χ1) is 16.5. The number of ether oxygens (including phenoxy) is 1. The Hall–Kier alpha value is -4.00. The number of hydrogen-bond acceptors (Lipinski definition) is 4. The maximum absolute atomic E-state index is 13.9. The molecule has 4 aromatic rings. The van der Waals surface area contributed by atoms with Crippen molar-refractivity contribution in [2.45, 2.75) is 26.3 Å². The predicted molar refractivity (Wildman–Crippen MR) is 130 cm³/mol. The fourth-order valence-corrected chi connectivity index (χ4v) is 4.12. The number of amides is 1. The molecule has 34 heavy (non-hydrogen) atoms. The number of fused-ring (bicyclic) bond motifs is 1. The smallest absolute Gasteiger partial charge is 0.266 e. The second kappa shape index (κ2) is 9.87. The van der Waals surface area contributed by atoms with E-state index in [1.54, 1.807) is 41.3 Å². The third-order valence-electron chi connectivity index (χ3n) is 5.77. The standard InChI is InChI=1S/C27H26FN3O3/c1-4-16-30(26(32)19-10-9-11-20(28)17-19)18(2)25-29-22-13-6-5-12-21(22)27(33)31(25)23-14-7-8-15-24(23)34-3/h5-15,17-18H,4,16H2,1-3H3. The largest absolute Gasteiger partial charge is 0.495 e. The van der Waals surface area contributed by atoms with E-state index in [1.807, 2.05) is 32.0 Å². The normalized spacial score (nSPS) is 11.9. The number of carbonyl (C=O) groups excluding carboxylic acids is 1. The molecule has 0 aliphatic carbocycles. The summed E-state index contributed by atoms with van der Waals surface area (Å²) in [5.41, 5.74) is 1.05. The number of rotatable bonds is 7. The van der Waals surface area contributed by atoms with Crippen molar-refractivity contribution in [2.24, 2.45) is 0 Å². The van der Waals surface area contributed by atoms with Crippen molar-refractivity contribution in [3.63, 3.8) is 0 Å². The first kappa shape index (κ1) is 23.2. The lowest BCUT2D eigenvalue weighted by Gasteiger charge is -2.30. The molecule has 1 heterocycles. The number of benzene rings is 3. The lowest BCUT2D eigenvalue weighted by molar-refractivity contribution is 0.0680. The minimum absolute atomic E-state index is 0.243. The van der Waals surface area contributed by atoms with Gasteiger partial charge in [-0.3, -0.25) is 14.2 Å². The van der Waals surface area contributed by atoms with Crippen molar-refractivity contribution in [3.05, 3.63) is 100 Å². The number of aromatic nitrogens is 2. The molecule has 0 bridgehead atoms. The van der Waals surface area contributed by atoms with E-state index in [0.29, 0.717) is 41.1 Å². The quantitative estimate of drug-likeness (QED) is 0.384. The molecular formula is C27H26FN3O3. The number of halogens is 1. The summed E-state index contributed by atoms with van der Waals surface area (Å²) >= 11 is 0. The van der Waals surface area contributed by atoms with Crippen molar-refractivity contribution in [2.75, 3.05) is 13.7 Å². The van der Waals surface area contributed by atoms with Crippen LogP contribution in [0.2, 0.25) is 0 Å². The number of para-hydroxylation sites is 3. The van der Waals surface area contributed by atoms with Gasteiger partial charge in [0, 0.05) is 12.1 Å². The maximum atomic E-state index is 13.9. The minimum atomic E-state index is -0.585. The van der Waals surface area contributed by atoms with Crippen LogP contribution in [0.1, 0.15) is 42.5 Å². The van der Waals surface area contributed by atoms with Gasteiger partial charge in [0.25, 0.3) is 11.5 Å². The molecule has 0 aliphatic heterocycles. The van der Waals surface area contributed by atoms with Crippen molar-refractivity contribution in [1.29, 1.82) is 0 Å². The van der Waals surface area contributed by atoms with Crippen LogP contribution in [0.3, 0.4) is 0 Å². The molecule has 0 N–H and O–H groups in total. The molecule has 0 fully saturated rings. The highest BCUT2D eigenvalue weighted by atomic mass is 19.1. The van der Waals surface area contributed by atoms with E-state index in [4.69, 9.17) is 9.72 Å². The predicted octanol–water partition coefficient (Wildman–Crippen LogP) is 5.15. The SMILES string of the molecule is CCCN(C(=O)c1cccc(F)c1)C(C)c1nc2ccccc2c(=O)n1-c1ccccc1OC. The van der Waals surface area contributed by atoms with E-state index in [9.17, 15) is 14.0 Å². The molecule has 0 radical (unpaired) electrons. The molecule has 0 spiro atoms. The lowest BCUT2D eigenvalue weighted by atomic mass is 10.1. The highest BCUT2D eigenvalue weighted by Crippen LogP contribution is 2.28. The Labute approximate surface area is 197 Å². The molecule has 0 aliphatic rings. The molecule has 1 unspecified atom stereocenters. The van der Waals surface area contributed by atoms with Crippen LogP contribution in [0.4, 0.5) is 4.39 Å². The van der Waals surface area contributed by atoms with E-state index < -0.39 is 11.9 Å². The average molecular weight is 460 g/mol.